The monoisotopic (exact) mass is 332 g/mol. The summed E-state index contributed by atoms with van der Waals surface area (Å²) in [6.07, 6.45) is 10.7. The second-order valence-corrected chi connectivity index (χ2v) is 7.46. The third kappa shape index (κ3) is 3.88. The summed E-state index contributed by atoms with van der Waals surface area (Å²) in [4.78, 5) is 0. The van der Waals surface area contributed by atoms with Crippen LogP contribution in [0.25, 0.3) is 10.8 Å². The molecule has 1 aliphatic carbocycles. The van der Waals surface area contributed by atoms with Gasteiger partial charge in [-0.2, -0.15) is 0 Å². The fraction of sp³-hybridized carbons (Fsp3) is 0.524. The maximum absolute atomic E-state index is 14.0. The lowest BCUT2D eigenvalue weighted by Gasteiger charge is -2.29. The number of rotatable bonds is 5. The molecule has 3 rings (SSSR count). The summed E-state index contributed by atoms with van der Waals surface area (Å²) in [5.41, 5.74) is 1.37. The molecule has 0 unspecified atom stereocenters. The SMILES string of the molecule is CCCCCC1CCC(c2ccc3c(F)c(Cl)ccc3c2)CC1. The molecule has 0 aromatic heterocycles. The molecule has 0 spiro atoms. The van der Waals surface area contributed by atoms with E-state index in [1.807, 2.05) is 12.1 Å². The van der Waals surface area contributed by atoms with Crippen molar-refractivity contribution in [2.75, 3.05) is 0 Å². The van der Waals surface area contributed by atoms with Gasteiger partial charge in [-0.15, -0.1) is 0 Å². The van der Waals surface area contributed by atoms with Gasteiger partial charge in [-0.3, -0.25) is 0 Å². The zero-order valence-electron chi connectivity index (χ0n) is 14.0. The van der Waals surface area contributed by atoms with Gasteiger partial charge in [0.15, 0.2) is 0 Å². The second kappa shape index (κ2) is 7.66. The van der Waals surface area contributed by atoms with E-state index < -0.39 is 0 Å². The van der Waals surface area contributed by atoms with Gasteiger partial charge in [0.1, 0.15) is 5.82 Å². The highest BCUT2D eigenvalue weighted by Gasteiger charge is 2.22. The summed E-state index contributed by atoms with van der Waals surface area (Å²) in [6.45, 7) is 2.27. The van der Waals surface area contributed by atoms with Gasteiger partial charge in [-0.25, -0.2) is 4.39 Å². The molecule has 1 aliphatic rings. The van der Waals surface area contributed by atoms with Crippen LogP contribution in [0.1, 0.15) is 69.8 Å². The van der Waals surface area contributed by atoms with E-state index in [-0.39, 0.29) is 10.8 Å². The predicted molar refractivity (Wildman–Crippen MR) is 97.8 cm³/mol. The first-order chi connectivity index (χ1) is 11.2. The number of halogens is 2. The lowest BCUT2D eigenvalue weighted by atomic mass is 9.77. The van der Waals surface area contributed by atoms with Crippen LogP contribution in [0.15, 0.2) is 30.3 Å². The van der Waals surface area contributed by atoms with Gasteiger partial charge in [0.2, 0.25) is 0 Å². The van der Waals surface area contributed by atoms with E-state index in [0.29, 0.717) is 11.3 Å². The van der Waals surface area contributed by atoms with Crippen molar-refractivity contribution in [3.05, 3.63) is 46.7 Å². The molecule has 2 aromatic rings. The minimum Gasteiger partial charge on any atom is -0.205 e. The topological polar surface area (TPSA) is 0 Å². The average molecular weight is 333 g/mol. The van der Waals surface area contributed by atoms with Gasteiger partial charge in [0.05, 0.1) is 5.02 Å². The normalized spacial score (nSPS) is 21.7. The molecule has 2 aromatic carbocycles. The molecule has 2 heteroatoms. The lowest BCUT2D eigenvalue weighted by molar-refractivity contribution is 0.303. The van der Waals surface area contributed by atoms with Crippen LogP contribution >= 0.6 is 11.6 Å². The molecule has 0 heterocycles. The molecule has 0 amide bonds. The van der Waals surface area contributed by atoms with Crippen molar-refractivity contribution in [2.24, 2.45) is 5.92 Å². The van der Waals surface area contributed by atoms with E-state index in [9.17, 15) is 4.39 Å². The van der Waals surface area contributed by atoms with E-state index in [4.69, 9.17) is 11.6 Å². The van der Waals surface area contributed by atoms with Crippen LogP contribution in [-0.4, -0.2) is 0 Å². The Hall–Kier alpha value is -1.08. The highest BCUT2D eigenvalue weighted by Crippen LogP contribution is 2.39. The van der Waals surface area contributed by atoms with Gasteiger partial charge < -0.3 is 0 Å². The Balaban J connectivity index is 1.67. The third-order valence-corrected chi connectivity index (χ3v) is 5.76. The van der Waals surface area contributed by atoms with Crippen LogP contribution in [-0.2, 0) is 0 Å². The van der Waals surface area contributed by atoms with Gasteiger partial charge in [-0.1, -0.05) is 68.5 Å². The zero-order chi connectivity index (χ0) is 16.2. The molecule has 23 heavy (non-hydrogen) atoms. The van der Waals surface area contributed by atoms with Crippen LogP contribution < -0.4 is 0 Å². The van der Waals surface area contributed by atoms with Gasteiger partial charge in [0.25, 0.3) is 0 Å². The van der Waals surface area contributed by atoms with E-state index in [1.54, 1.807) is 6.07 Å². The van der Waals surface area contributed by atoms with Crippen molar-refractivity contribution in [1.82, 2.24) is 0 Å². The van der Waals surface area contributed by atoms with E-state index in [1.165, 1.54) is 56.9 Å². The maximum Gasteiger partial charge on any atom is 0.149 e. The molecule has 1 fully saturated rings. The molecule has 0 radical (unpaired) electrons. The minimum absolute atomic E-state index is 0.206. The third-order valence-electron chi connectivity index (χ3n) is 5.47. The van der Waals surface area contributed by atoms with Crippen molar-refractivity contribution in [1.29, 1.82) is 0 Å². The van der Waals surface area contributed by atoms with Crippen LogP contribution in [0.4, 0.5) is 4.39 Å². The van der Waals surface area contributed by atoms with Gasteiger partial charge in [0, 0.05) is 5.39 Å². The van der Waals surface area contributed by atoms with Crippen LogP contribution in [0, 0.1) is 11.7 Å². The first-order valence-corrected chi connectivity index (χ1v) is 9.44. The van der Waals surface area contributed by atoms with Crippen molar-refractivity contribution < 1.29 is 4.39 Å². The van der Waals surface area contributed by atoms with Crippen LogP contribution in [0.3, 0.4) is 0 Å². The van der Waals surface area contributed by atoms with Gasteiger partial charge in [-0.05, 0) is 54.5 Å². The lowest BCUT2D eigenvalue weighted by Crippen LogP contribution is -2.13. The average Bonchev–Trinajstić information content (AvgIpc) is 2.59. The summed E-state index contributed by atoms with van der Waals surface area (Å²) in [6, 6.07) is 9.76. The Morgan fingerprint density at radius 2 is 1.83 bits per heavy atom. The standard InChI is InChI=1S/C21H26ClF/c1-2-3-4-5-15-6-8-16(9-7-15)17-10-12-19-18(14-17)11-13-20(22)21(19)23/h10-16H,2-9H2,1H3. The first-order valence-electron chi connectivity index (χ1n) is 9.06. The zero-order valence-corrected chi connectivity index (χ0v) is 14.7. The maximum atomic E-state index is 14.0. The molecule has 0 aliphatic heterocycles. The first kappa shape index (κ1) is 16.8. The second-order valence-electron chi connectivity index (χ2n) is 7.06. The Morgan fingerprint density at radius 1 is 1.04 bits per heavy atom. The quantitative estimate of drug-likeness (QED) is 0.497. The van der Waals surface area contributed by atoms with Crippen LogP contribution in [0.5, 0.6) is 0 Å². The van der Waals surface area contributed by atoms with Crippen molar-refractivity contribution >= 4 is 22.4 Å². The van der Waals surface area contributed by atoms with Crippen molar-refractivity contribution in [2.45, 2.75) is 64.2 Å². The summed E-state index contributed by atoms with van der Waals surface area (Å²) < 4.78 is 14.0. The van der Waals surface area contributed by atoms with E-state index in [0.717, 1.165) is 11.3 Å². The number of fused-ring (bicyclic) bond motifs is 1. The van der Waals surface area contributed by atoms with Crippen molar-refractivity contribution in [3.8, 4) is 0 Å². The molecule has 1 saturated carbocycles. The van der Waals surface area contributed by atoms with E-state index >= 15 is 0 Å². The highest BCUT2D eigenvalue weighted by atomic mass is 35.5. The van der Waals surface area contributed by atoms with E-state index in [2.05, 4.69) is 19.1 Å². The molecule has 0 nitrogen and oxygen atoms in total. The Kier molecular flexibility index (Phi) is 5.58. The molecule has 0 N–H and O–H groups in total. The number of hydrogen-bond donors (Lipinski definition) is 0. The van der Waals surface area contributed by atoms with Crippen LogP contribution in [0.2, 0.25) is 5.02 Å². The Labute approximate surface area is 144 Å². The predicted octanol–water partition coefficient (Wildman–Crippen LogP) is 7.49. The summed E-state index contributed by atoms with van der Waals surface area (Å²) in [7, 11) is 0. The van der Waals surface area contributed by atoms with Gasteiger partial charge >= 0.3 is 0 Å². The largest absolute Gasteiger partial charge is 0.205 e. The molecular weight excluding hydrogens is 307 g/mol. The Morgan fingerprint density at radius 3 is 2.57 bits per heavy atom. The molecular formula is C21H26ClF. The molecule has 0 atom stereocenters. The summed E-state index contributed by atoms with van der Waals surface area (Å²) in [5.74, 6) is 1.27. The number of benzene rings is 2. The highest BCUT2D eigenvalue weighted by molar-refractivity contribution is 6.31. The number of unbranched alkanes of at least 4 members (excludes halogenated alkanes) is 2. The molecule has 0 bridgehead atoms. The fourth-order valence-electron chi connectivity index (χ4n) is 4.01. The number of hydrogen-bond acceptors (Lipinski definition) is 0. The fourth-order valence-corrected chi connectivity index (χ4v) is 4.17. The summed E-state index contributed by atoms with van der Waals surface area (Å²) >= 11 is 5.87. The van der Waals surface area contributed by atoms with Crippen molar-refractivity contribution in [3.63, 3.8) is 0 Å². The Bertz CT molecular complexity index is 656. The molecule has 0 saturated heterocycles. The molecule has 124 valence electrons. The smallest absolute Gasteiger partial charge is 0.149 e. The summed E-state index contributed by atoms with van der Waals surface area (Å²) in [5, 5.41) is 1.81. The minimum atomic E-state index is -0.296.